The first-order valence-electron chi connectivity index (χ1n) is 7.63. The highest BCUT2D eigenvalue weighted by Gasteiger charge is 2.29. The van der Waals surface area contributed by atoms with Crippen LogP contribution in [0.15, 0.2) is 70.5 Å². The van der Waals surface area contributed by atoms with E-state index in [1.165, 1.54) is 9.79 Å². The smallest absolute Gasteiger partial charge is 0.507 e. The van der Waals surface area contributed by atoms with E-state index in [0.717, 1.165) is 0 Å². The maximum absolute atomic E-state index is 12.7. The van der Waals surface area contributed by atoms with Crippen molar-refractivity contribution >= 4 is 19.1 Å². The molecule has 0 fully saturated rings. The van der Waals surface area contributed by atoms with E-state index in [2.05, 4.69) is 53.2 Å². The van der Waals surface area contributed by atoms with Crippen LogP contribution in [-0.4, -0.2) is 17.4 Å². The molecule has 3 aromatic carbocycles. The van der Waals surface area contributed by atoms with Crippen molar-refractivity contribution in [2.45, 2.75) is 9.79 Å². The van der Waals surface area contributed by atoms with Gasteiger partial charge in [-0.2, -0.15) is 8.78 Å². The summed E-state index contributed by atoms with van der Waals surface area (Å²) in [6.45, 7) is 0. The Morgan fingerprint density at radius 2 is 0.964 bits per heavy atom. The summed E-state index contributed by atoms with van der Waals surface area (Å²) in [7, 11) is -2.70. The molecular formula is C18H12BF5O3S. The monoisotopic (exact) mass is 414 g/mol. The van der Waals surface area contributed by atoms with Crippen molar-refractivity contribution in [1.29, 1.82) is 0 Å². The van der Waals surface area contributed by atoms with Gasteiger partial charge in [-0.05, 0) is 24.3 Å². The third-order valence-electron chi connectivity index (χ3n) is 3.11. The first-order chi connectivity index (χ1) is 13.3. The van der Waals surface area contributed by atoms with Crippen LogP contribution >= 0.6 is 11.8 Å². The van der Waals surface area contributed by atoms with Crippen molar-refractivity contribution in [3.8, 4) is 5.75 Å². The summed E-state index contributed by atoms with van der Waals surface area (Å²) in [6, 6.07) is 20.8. The Bertz CT molecular complexity index is 848. The lowest BCUT2D eigenvalue weighted by Crippen LogP contribution is -2.23. The topological polar surface area (TPSA) is 49.7 Å². The van der Waals surface area contributed by atoms with Crippen LogP contribution in [0.3, 0.4) is 0 Å². The molecule has 3 aromatic rings. The van der Waals surface area contributed by atoms with Crippen LogP contribution < -0.4 is 4.65 Å². The highest BCUT2D eigenvalue weighted by atomic mass is 32.2. The SMILES string of the molecule is OB(O)Oc1c(F)c(F)c(F)c(F)c1F.c1ccc(Sc2ccccc2)cc1. The average Bonchev–Trinajstić information content (AvgIpc) is 2.70. The normalized spacial score (nSPS) is 10.1. The molecule has 0 spiro atoms. The molecule has 0 aliphatic heterocycles. The van der Waals surface area contributed by atoms with Crippen molar-refractivity contribution in [3.05, 3.63) is 89.7 Å². The van der Waals surface area contributed by atoms with E-state index in [1.807, 2.05) is 12.1 Å². The Morgan fingerprint density at radius 3 is 1.32 bits per heavy atom. The van der Waals surface area contributed by atoms with Gasteiger partial charge in [-0.25, -0.2) is 13.2 Å². The Morgan fingerprint density at radius 1 is 0.607 bits per heavy atom. The lowest BCUT2D eigenvalue weighted by molar-refractivity contribution is 0.263. The third kappa shape index (κ3) is 5.72. The summed E-state index contributed by atoms with van der Waals surface area (Å²) in [5.41, 5.74) is 0. The lowest BCUT2D eigenvalue weighted by atomic mass is 10.2. The van der Waals surface area contributed by atoms with Gasteiger partial charge in [0.1, 0.15) is 0 Å². The van der Waals surface area contributed by atoms with E-state index in [-0.39, 0.29) is 0 Å². The van der Waals surface area contributed by atoms with Gasteiger partial charge in [-0.15, -0.1) is 0 Å². The van der Waals surface area contributed by atoms with Crippen molar-refractivity contribution in [3.63, 3.8) is 0 Å². The number of benzene rings is 3. The van der Waals surface area contributed by atoms with Crippen molar-refractivity contribution in [2.75, 3.05) is 0 Å². The predicted octanol–water partition coefficient (Wildman–Crippen LogP) is 4.57. The molecule has 0 amide bonds. The van der Waals surface area contributed by atoms with Crippen LogP contribution in [0.25, 0.3) is 0 Å². The Labute approximate surface area is 161 Å². The van der Waals surface area contributed by atoms with Gasteiger partial charge in [-0.1, -0.05) is 48.2 Å². The van der Waals surface area contributed by atoms with Gasteiger partial charge < -0.3 is 14.7 Å². The van der Waals surface area contributed by atoms with Gasteiger partial charge in [-0.3, -0.25) is 0 Å². The molecule has 0 aromatic heterocycles. The molecule has 0 aliphatic rings. The number of hydrogen-bond acceptors (Lipinski definition) is 4. The molecule has 0 unspecified atom stereocenters. The van der Waals surface area contributed by atoms with Crippen LogP contribution in [0.1, 0.15) is 0 Å². The Balaban J connectivity index is 0.000000202. The second-order valence-corrected chi connectivity index (χ2v) is 6.22. The van der Waals surface area contributed by atoms with E-state index < -0.39 is 42.2 Å². The molecule has 3 nitrogen and oxygen atoms in total. The number of halogens is 5. The van der Waals surface area contributed by atoms with E-state index in [9.17, 15) is 22.0 Å². The fourth-order valence-electron chi connectivity index (χ4n) is 1.91. The quantitative estimate of drug-likeness (QED) is 0.284. The van der Waals surface area contributed by atoms with Crippen LogP contribution in [0, 0.1) is 29.1 Å². The lowest BCUT2D eigenvalue weighted by Gasteiger charge is -2.08. The zero-order chi connectivity index (χ0) is 20.7. The summed E-state index contributed by atoms with van der Waals surface area (Å²) >= 11 is 1.79. The molecule has 3 rings (SSSR count). The molecule has 10 heteroatoms. The van der Waals surface area contributed by atoms with Crippen molar-refractivity contribution in [1.82, 2.24) is 0 Å². The fraction of sp³-hybridized carbons (Fsp3) is 0. The molecule has 2 N–H and O–H groups in total. The van der Waals surface area contributed by atoms with E-state index in [0.29, 0.717) is 0 Å². The molecule has 146 valence electrons. The average molecular weight is 414 g/mol. The third-order valence-corrected chi connectivity index (χ3v) is 4.13. The molecule has 0 heterocycles. The summed E-state index contributed by atoms with van der Waals surface area (Å²) in [4.78, 5) is 2.57. The molecular weight excluding hydrogens is 402 g/mol. The second-order valence-electron chi connectivity index (χ2n) is 5.07. The molecule has 28 heavy (non-hydrogen) atoms. The molecule has 0 saturated carbocycles. The van der Waals surface area contributed by atoms with Crippen LogP contribution in [0.5, 0.6) is 5.75 Å². The maximum Gasteiger partial charge on any atom is 0.707 e. The fourth-order valence-corrected chi connectivity index (χ4v) is 2.77. The van der Waals surface area contributed by atoms with Crippen molar-refractivity contribution < 1.29 is 36.7 Å². The van der Waals surface area contributed by atoms with Crippen LogP contribution in [0.2, 0.25) is 0 Å². The van der Waals surface area contributed by atoms with Gasteiger partial charge >= 0.3 is 7.32 Å². The Kier molecular flexibility index (Phi) is 7.86. The minimum atomic E-state index is -2.70. The molecule has 0 bridgehead atoms. The van der Waals surface area contributed by atoms with E-state index in [1.54, 1.807) is 11.8 Å². The first kappa shape index (κ1) is 21.7. The van der Waals surface area contributed by atoms with Crippen molar-refractivity contribution in [2.24, 2.45) is 0 Å². The maximum atomic E-state index is 12.7. The van der Waals surface area contributed by atoms with E-state index >= 15 is 0 Å². The molecule has 0 saturated heterocycles. The standard InChI is InChI=1S/C12H10S.C6H2BF5O3/c1-3-7-11(8-4-1)13-12-9-5-2-6-10-12;8-1-2(9)4(11)6(15-7(13)14)5(12)3(1)10/h1-10H;13-14H. The van der Waals surface area contributed by atoms with Crippen LogP contribution in [-0.2, 0) is 0 Å². The zero-order valence-corrected chi connectivity index (χ0v) is 14.8. The highest BCUT2D eigenvalue weighted by molar-refractivity contribution is 7.99. The van der Waals surface area contributed by atoms with Gasteiger partial charge in [0, 0.05) is 9.79 Å². The number of hydrogen-bond donors (Lipinski definition) is 2. The summed E-state index contributed by atoms with van der Waals surface area (Å²) in [5.74, 6) is -13.1. The summed E-state index contributed by atoms with van der Waals surface area (Å²) < 4.78 is 66.3. The highest BCUT2D eigenvalue weighted by Crippen LogP contribution is 2.29. The minimum Gasteiger partial charge on any atom is -0.507 e. The second kappa shape index (κ2) is 10.1. The van der Waals surface area contributed by atoms with E-state index in [4.69, 9.17) is 10.0 Å². The molecule has 0 radical (unpaired) electrons. The summed E-state index contributed by atoms with van der Waals surface area (Å²) in [6.07, 6.45) is 0. The summed E-state index contributed by atoms with van der Waals surface area (Å²) in [5, 5.41) is 16.3. The first-order valence-corrected chi connectivity index (χ1v) is 8.45. The van der Waals surface area contributed by atoms with Gasteiger partial charge in [0.05, 0.1) is 0 Å². The largest absolute Gasteiger partial charge is 0.707 e. The van der Waals surface area contributed by atoms with Crippen LogP contribution in [0.4, 0.5) is 22.0 Å². The molecule has 0 atom stereocenters. The van der Waals surface area contributed by atoms with Gasteiger partial charge in [0.2, 0.25) is 29.1 Å². The predicted molar refractivity (Wildman–Crippen MR) is 94.1 cm³/mol. The van der Waals surface area contributed by atoms with Gasteiger partial charge in [0.15, 0.2) is 5.75 Å². The minimum absolute atomic E-state index is 1.29. The van der Waals surface area contributed by atoms with Gasteiger partial charge in [0.25, 0.3) is 0 Å². The Hall–Kier alpha value is -2.56. The zero-order valence-electron chi connectivity index (χ0n) is 14.0. The number of rotatable bonds is 4. The molecule has 0 aliphatic carbocycles.